The van der Waals surface area contributed by atoms with Gasteiger partial charge in [-0.1, -0.05) is 13.3 Å². The summed E-state index contributed by atoms with van der Waals surface area (Å²) in [6, 6.07) is 3.77. The minimum absolute atomic E-state index is 0.0311. The zero-order chi connectivity index (χ0) is 14.4. The standard InChI is InChI=1S/C13H18N2O4/c1-3-4-10(14)12(16)15-11-6-5-8(19-2)7-9(11)13(17)18/h5-7,10H,3-4,14H2,1-2H3,(H,15,16)(H,17,18). The van der Waals surface area contributed by atoms with Gasteiger partial charge in [-0.15, -0.1) is 0 Å². The molecule has 1 amide bonds. The first-order valence-electron chi connectivity index (χ1n) is 5.97. The fourth-order valence-electron chi connectivity index (χ4n) is 1.60. The van der Waals surface area contributed by atoms with E-state index in [1.165, 1.54) is 19.2 Å². The number of anilines is 1. The van der Waals surface area contributed by atoms with Crippen LogP contribution in [0.15, 0.2) is 18.2 Å². The molecule has 6 nitrogen and oxygen atoms in total. The fourth-order valence-corrected chi connectivity index (χ4v) is 1.60. The number of carbonyl (C=O) groups is 2. The second kappa shape index (κ2) is 6.75. The molecule has 0 saturated heterocycles. The van der Waals surface area contributed by atoms with Gasteiger partial charge in [0.25, 0.3) is 0 Å². The minimum Gasteiger partial charge on any atom is -0.497 e. The molecule has 0 spiro atoms. The van der Waals surface area contributed by atoms with Crippen molar-refractivity contribution < 1.29 is 19.4 Å². The first-order chi connectivity index (χ1) is 8.99. The molecule has 6 heteroatoms. The van der Waals surface area contributed by atoms with Crippen LogP contribution < -0.4 is 15.8 Å². The molecule has 0 aliphatic rings. The second-order valence-corrected chi connectivity index (χ2v) is 4.10. The molecule has 0 heterocycles. The van der Waals surface area contributed by atoms with Gasteiger partial charge in [0.1, 0.15) is 5.75 Å². The maximum atomic E-state index is 11.8. The topological polar surface area (TPSA) is 102 Å². The van der Waals surface area contributed by atoms with Gasteiger partial charge in [-0.2, -0.15) is 0 Å². The Labute approximate surface area is 111 Å². The zero-order valence-corrected chi connectivity index (χ0v) is 11.0. The van der Waals surface area contributed by atoms with E-state index in [2.05, 4.69) is 5.32 Å². The number of hydrogen-bond donors (Lipinski definition) is 3. The summed E-state index contributed by atoms with van der Waals surface area (Å²) in [5, 5.41) is 11.6. The van der Waals surface area contributed by atoms with Gasteiger partial charge in [0, 0.05) is 0 Å². The Morgan fingerprint density at radius 1 is 1.47 bits per heavy atom. The average molecular weight is 266 g/mol. The van der Waals surface area contributed by atoms with Crippen LogP contribution in [0.3, 0.4) is 0 Å². The summed E-state index contributed by atoms with van der Waals surface area (Å²) in [6.07, 6.45) is 1.33. The number of aromatic carboxylic acids is 1. The maximum absolute atomic E-state index is 11.8. The van der Waals surface area contributed by atoms with E-state index in [4.69, 9.17) is 15.6 Å². The number of methoxy groups -OCH3 is 1. The van der Waals surface area contributed by atoms with Crippen LogP contribution in [0.25, 0.3) is 0 Å². The van der Waals surface area contributed by atoms with Crippen LogP contribution in [-0.2, 0) is 4.79 Å². The summed E-state index contributed by atoms with van der Waals surface area (Å²) in [4.78, 5) is 22.9. The van der Waals surface area contributed by atoms with Gasteiger partial charge in [0.05, 0.1) is 24.4 Å². The van der Waals surface area contributed by atoms with Gasteiger partial charge in [-0.25, -0.2) is 4.79 Å². The van der Waals surface area contributed by atoms with Crippen molar-refractivity contribution in [3.63, 3.8) is 0 Å². The van der Waals surface area contributed by atoms with E-state index in [1.807, 2.05) is 6.92 Å². The fraction of sp³-hybridized carbons (Fsp3) is 0.385. The number of amides is 1. The molecule has 1 aromatic carbocycles. The third-order valence-corrected chi connectivity index (χ3v) is 2.65. The Kier molecular flexibility index (Phi) is 5.32. The predicted molar refractivity (Wildman–Crippen MR) is 71.5 cm³/mol. The molecule has 1 unspecified atom stereocenters. The molecule has 1 atom stereocenters. The summed E-state index contributed by atoms with van der Waals surface area (Å²) in [5.41, 5.74) is 5.86. The van der Waals surface area contributed by atoms with Crippen LogP contribution in [0.5, 0.6) is 5.75 Å². The first-order valence-corrected chi connectivity index (χ1v) is 5.97. The highest BCUT2D eigenvalue weighted by atomic mass is 16.5. The molecule has 0 saturated carbocycles. The summed E-state index contributed by atoms with van der Waals surface area (Å²) in [6.45, 7) is 1.92. The molecule has 19 heavy (non-hydrogen) atoms. The Hall–Kier alpha value is -2.08. The van der Waals surface area contributed by atoms with Gasteiger partial charge in [0.15, 0.2) is 0 Å². The molecule has 0 radical (unpaired) electrons. The quantitative estimate of drug-likeness (QED) is 0.723. The predicted octanol–water partition coefficient (Wildman–Crippen LogP) is 1.46. The normalized spacial score (nSPS) is 11.7. The Balaban J connectivity index is 2.94. The lowest BCUT2D eigenvalue weighted by atomic mass is 10.1. The Morgan fingerprint density at radius 2 is 2.16 bits per heavy atom. The van der Waals surface area contributed by atoms with Crippen LogP contribution in [0.1, 0.15) is 30.1 Å². The Bertz CT molecular complexity index is 474. The van der Waals surface area contributed by atoms with Crippen molar-refractivity contribution in [2.45, 2.75) is 25.8 Å². The molecular formula is C13H18N2O4. The summed E-state index contributed by atoms with van der Waals surface area (Å²) >= 11 is 0. The number of hydrogen-bond acceptors (Lipinski definition) is 4. The van der Waals surface area contributed by atoms with E-state index < -0.39 is 17.9 Å². The average Bonchev–Trinajstić information content (AvgIpc) is 2.39. The number of ether oxygens (including phenoxy) is 1. The number of nitrogens with one attached hydrogen (secondary N) is 1. The number of nitrogens with two attached hydrogens (primary N) is 1. The van der Waals surface area contributed by atoms with E-state index in [1.54, 1.807) is 6.07 Å². The molecule has 0 aliphatic heterocycles. The molecule has 0 aliphatic carbocycles. The number of rotatable bonds is 6. The maximum Gasteiger partial charge on any atom is 0.337 e. The molecule has 1 aromatic rings. The van der Waals surface area contributed by atoms with Crippen LogP contribution in [-0.4, -0.2) is 30.1 Å². The highest BCUT2D eigenvalue weighted by Gasteiger charge is 2.17. The third kappa shape index (κ3) is 3.96. The number of carboxylic acid groups (broad SMARTS) is 1. The van der Waals surface area contributed by atoms with Crippen molar-refractivity contribution in [2.75, 3.05) is 12.4 Å². The number of benzene rings is 1. The van der Waals surface area contributed by atoms with Gasteiger partial charge in [-0.3, -0.25) is 4.79 Å². The van der Waals surface area contributed by atoms with E-state index in [-0.39, 0.29) is 11.3 Å². The zero-order valence-electron chi connectivity index (χ0n) is 11.0. The van der Waals surface area contributed by atoms with Crippen LogP contribution >= 0.6 is 0 Å². The second-order valence-electron chi connectivity index (χ2n) is 4.10. The molecule has 1 rings (SSSR count). The van der Waals surface area contributed by atoms with Gasteiger partial charge in [0.2, 0.25) is 5.91 Å². The van der Waals surface area contributed by atoms with Crippen LogP contribution in [0, 0.1) is 0 Å². The van der Waals surface area contributed by atoms with Gasteiger partial charge < -0.3 is 20.9 Å². The Morgan fingerprint density at radius 3 is 2.68 bits per heavy atom. The smallest absolute Gasteiger partial charge is 0.337 e. The highest BCUT2D eigenvalue weighted by Crippen LogP contribution is 2.22. The lowest BCUT2D eigenvalue weighted by Gasteiger charge is -2.13. The third-order valence-electron chi connectivity index (χ3n) is 2.65. The van der Waals surface area contributed by atoms with Gasteiger partial charge >= 0.3 is 5.97 Å². The minimum atomic E-state index is -1.14. The summed E-state index contributed by atoms with van der Waals surface area (Å²) < 4.78 is 4.95. The SMILES string of the molecule is CCCC(N)C(=O)Nc1ccc(OC)cc1C(=O)O. The lowest BCUT2D eigenvalue weighted by Crippen LogP contribution is -2.35. The number of carbonyl (C=O) groups excluding carboxylic acids is 1. The van der Waals surface area contributed by atoms with Crippen LogP contribution in [0.2, 0.25) is 0 Å². The molecule has 104 valence electrons. The van der Waals surface area contributed by atoms with Crippen molar-refractivity contribution in [3.8, 4) is 5.75 Å². The van der Waals surface area contributed by atoms with Crippen LogP contribution in [0.4, 0.5) is 5.69 Å². The van der Waals surface area contributed by atoms with Crippen molar-refractivity contribution in [2.24, 2.45) is 5.73 Å². The van der Waals surface area contributed by atoms with Crippen molar-refractivity contribution in [1.29, 1.82) is 0 Å². The van der Waals surface area contributed by atoms with E-state index in [0.717, 1.165) is 6.42 Å². The van der Waals surface area contributed by atoms with Crippen molar-refractivity contribution in [3.05, 3.63) is 23.8 Å². The summed E-state index contributed by atoms with van der Waals surface area (Å²) in [7, 11) is 1.44. The molecule has 4 N–H and O–H groups in total. The molecule has 0 aromatic heterocycles. The van der Waals surface area contributed by atoms with E-state index in [0.29, 0.717) is 12.2 Å². The summed E-state index contributed by atoms with van der Waals surface area (Å²) in [5.74, 6) is -1.12. The van der Waals surface area contributed by atoms with E-state index in [9.17, 15) is 9.59 Å². The van der Waals surface area contributed by atoms with Gasteiger partial charge in [-0.05, 0) is 24.6 Å². The molecule has 0 fully saturated rings. The first kappa shape index (κ1) is 15.0. The largest absolute Gasteiger partial charge is 0.497 e. The molecule has 0 bridgehead atoms. The van der Waals surface area contributed by atoms with E-state index >= 15 is 0 Å². The number of carboxylic acids is 1. The molecular weight excluding hydrogens is 248 g/mol. The lowest BCUT2D eigenvalue weighted by molar-refractivity contribution is -0.117. The highest BCUT2D eigenvalue weighted by molar-refractivity contribution is 6.02. The van der Waals surface area contributed by atoms with Crippen molar-refractivity contribution >= 4 is 17.6 Å². The van der Waals surface area contributed by atoms with Crippen molar-refractivity contribution in [1.82, 2.24) is 0 Å². The monoisotopic (exact) mass is 266 g/mol.